The lowest BCUT2D eigenvalue weighted by Crippen LogP contribution is -2.12. The van der Waals surface area contributed by atoms with Gasteiger partial charge in [0.2, 0.25) is 0 Å². The van der Waals surface area contributed by atoms with Crippen LogP contribution in [0.15, 0.2) is 12.4 Å². The van der Waals surface area contributed by atoms with Crippen molar-refractivity contribution >= 4 is 5.97 Å². The zero-order valence-electron chi connectivity index (χ0n) is 8.30. The van der Waals surface area contributed by atoms with Gasteiger partial charge >= 0.3 is 5.97 Å². The van der Waals surface area contributed by atoms with E-state index in [-0.39, 0.29) is 5.97 Å². The van der Waals surface area contributed by atoms with Gasteiger partial charge in [-0.3, -0.25) is 4.68 Å². The number of ether oxygens (including phenoxy) is 1. The van der Waals surface area contributed by atoms with Crippen molar-refractivity contribution < 1.29 is 14.6 Å². The van der Waals surface area contributed by atoms with Gasteiger partial charge in [0.25, 0.3) is 0 Å². The fourth-order valence-electron chi connectivity index (χ4n) is 1.05. The van der Waals surface area contributed by atoms with Crippen LogP contribution in [0.1, 0.15) is 24.2 Å². The summed E-state index contributed by atoms with van der Waals surface area (Å²) in [6.45, 7) is 4.13. The Labute approximate surface area is 82.3 Å². The summed E-state index contributed by atoms with van der Waals surface area (Å²) < 4.78 is 6.30. The Morgan fingerprint density at radius 3 is 3.07 bits per heavy atom. The molecule has 0 spiro atoms. The zero-order chi connectivity index (χ0) is 10.6. The normalized spacial score (nSPS) is 12.5. The molecule has 1 rings (SSSR count). The molecule has 1 aromatic heterocycles. The Bertz CT molecular complexity index is 307. The van der Waals surface area contributed by atoms with Crippen LogP contribution in [0.2, 0.25) is 0 Å². The number of aromatic nitrogens is 2. The lowest BCUT2D eigenvalue weighted by atomic mass is 10.3. The molecule has 0 radical (unpaired) electrons. The minimum Gasteiger partial charge on any atom is -0.462 e. The van der Waals surface area contributed by atoms with E-state index < -0.39 is 6.10 Å². The summed E-state index contributed by atoms with van der Waals surface area (Å²) >= 11 is 0. The highest BCUT2D eigenvalue weighted by Crippen LogP contribution is 2.01. The van der Waals surface area contributed by atoms with E-state index in [9.17, 15) is 4.79 Å². The van der Waals surface area contributed by atoms with Gasteiger partial charge in [-0.25, -0.2) is 4.79 Å². The van der Waals surface area contributed by atoms with Gasteiger partial charge in [0.05, 0.1) is 31.0 Å². The lowest BCUT2D eigenvalue weighted by Gasteiger charge is -2.02. The van der Waals surface area contributed by atoms with Gasteiger partial charge in [0, 0.05) is 6.20 Å². The first-order chi connectivity index (χ1) is 6.63. The van der Waals surface area contributed by atoms with Crippen LogP contribution in [0.3, 0.4) is 0 Å². The second-order valence-corrected chi connectivity index (χ2v) is 3.02. The molecule has 78 valence electrons. The minimum absolute atomic E-state index is 0.348. The van der Waals surface area contributed by atoms with Crippen LogP contribution in [-0.2, 0) is 11.3 Å². The summed E-state index contributed by atoms with van der Waals surface area (Å²) in [6, 6.07) is 0. The monoisotopic (exact) mass is 198 g/mol. The minimum atomic E-state index is -0.482. The molecular weight excluding hydrogens is 184 g/mol. The van der Waals surface area contributed by atoms with Crippen LogP contribution in [0.4, 0.5) is 0 Å². The largest absolute Gasteiger partial charge is 0.462 e. The molecule has 0 saturated heterocycles. The molecule has 1 atom stereocenters. The van der Waals surface area contributed by atoms with Crippen LogP contribution < -0.4 is 0 Å². The molecule has 1 aromatic rings. The molecule has 0 amide bonds. The molecule has 5 nitrogen and oxygen atoms in total. The second kappa shape index (κ2) is 4.76. The maximum Gasteiger partial charge on any atom is 0.341 e. The second-order valence-electron chi connectivity index (χ2n) is 3.02. The predicted octanol–water partition coefficient (Wildman–Crippen LogP) is 0.441. The fraction of sp³-hybridized carbons (Fsp3) is 0.556. The molecule has 0 aliphatic rings. The van der Waals surface area contributed by atoms with Crippen molar-refractivity contribution in [1.29, 1.82) is 0 Å². The van der Waals surface area contributed by atoms with E-state index in [4.69, 9.17) is 9.84 Å². The van der Waals surface area contributed by atoms with E-state index in [0.29, 0.717) is 18.7 Å². The Morgan fingerprint density at radius 1 is 1.79 bits per heavy atom. The van der Waals surface area contributed by atoms with Gasteiger partial charge in [0.15, 0.2) is 0 Å². The zero-order valence-corrected chi connectivity index (χ0v) is 8.30. The number of hydrogen-bond donors (Lipinski definition) is 1. The van der Waals surface area contributed by atoms with Crippen LogP contribution in [0.25, 0.3) is 0 Å². The van der Waals surface area contributed by atoms with E-state index >= 15 is 0 Å². The Hall–Kier alpha value is -1.36. The van der Waals surface area contributed by atoms with Gasteiger partial charge < -0.3 is 9.84 Å². The fourth-order valence-corrected chi connectivity index (χ4v) is 1.05. The summed E-state index contributed by atoms with van der Waals surface area (Å²) in [5, 5.41) is 13.0. The third kappa shape index (κ3) is 2.85. The number of esters is 1. The molecule has 0 fully saturated rings. The molecule has 1 unspecified atom stereocenters. The first kappa shape index (κ1) is 10.7. The number of hydrogen-bond acceptors (Lipinski definition) is 4. The van der Waals surface area contributed by atoms with E-state index in [2.05, 4.69) is 5.10 Å². The lowest BCUT2D eigenvalue weighted by molar-refractivity contribution is 0.0526. The van der Waals surface area contributed by atoms with Crippen LogP contribution in [0.5, 0.6) is 0 Å². The summed E-state index contributed by atoms with van der Waals surface area (Å²) in [5.74, 6) is -0.385. The molecule has 1 heterocycles. The number of carbonyl (C=O) groups excluding carboxylic acids is 1. The predicted molar refractivity (Wildman–Crippen MR) is 49.9 cm³/mol. The Balaban J connectivity index is 2.63. The Kier molecular flexibility index (Phi) is 3.64. The van der Waals surface area contributed by atoms with Gasteiger partial charge in [-0.15, -0.1) is 0 Å². The quantitative estimate of drug-likeness (QED) is 0.713. The third-order valence-corrected chi connectivity index (χ3v) is 1.60. The number of carbonyl (C=O) groups is 1. The molecule has 0 saturated carbocycles. The number of aliphatic hydroxyl groups is 1. The van der Waals surface area contributed by atoms with Crippen LogP contribution >= 0.6 is 0 Å². The van der Waals surface area contributed by atoms with Gasteiger partial charge in [0.1, 0.15) is 0 Å². The molecule has 0 bridgehead atoms. The smallest absolute Gasteiger partial charge is 0.341 e. The van der Waals surface area contributed by atoms with Crippen molar-refractivity contribution in [2.24, 2.45) is 0 Å². The molecule has 1 N–H and O–H groups in total. The SMILES string of the molecule is CCOC(=O)c1cnn(CC(C)O)c1. The molecule has 0 aliphatic heterocycles. The number of nitrogens with zero attached hydrogens (tertiary/aromatic N) is 2. The first-order valence-electron chi connectivity index (χ1n) is 4.51. The summed E-state index contributed by atoms with van der Waals surface area (Å²) in [4.78, 5) is 11.2. The first-order valence-corrected chi connectivity index (χ1v) is 4.51. The van der Waals surface area contributed by atoms with Crippen molar-refractivity contribution in [3.05, 3.63) is 18.0 Å². The number of rotatable bonds is 4. The van der Waals surface area contributed by atoms with Crippen molar-refractivity contribution in [1.82, 2.24) is 9.78 Å². The Morgan fingerprint density at radius 2 is 2.50 bits per heavy atom. The van der Waals surface area contributed by atoms with Gasteiger partial charge in [-0.05, 0) is 13.8 Å². The van der Waals surface area contributed by atoms with Crippen molar-refractivity contribution in [2.75, 3.05) is 6.61 Å². The standard InChI is InChI=1S/C9H14N2O3/c1-3-14-9(13)8-4-10-11(6-8)5-7(2)12/h4,6-7,12H,3,5H2,1-2H3. The van der Waals surface area contributed by atoms with Crippen LogP contribution in [0, 0.1) is 0 Å². The molecule has 14 heavy (non-hydrogen) atoms. The van der Waals surface area contributed by atoms with E-state index in [1.165, 1.54) is 10.9 Å². The summed E-state index contributed by atoms with van der Waals surface area (Å²) in [6.07, 6.45) is 2.51. The van der Waals surface area contributed by atoms with E-state index in [1.807, 2.05) is 0 Å². The number of aliphatic hydroxyl groups excluding tert-OH is 1. The maximum absolute atomic E-state index is 11.2. The van der Waals surface area contributed by atoms with Crippen molar-refractivity contribution in [2.45, 2.75) is 26.5 Å². The maximum atomic E-state index is 11.2. The van der Waals surface area contributed by atoms with Crippen molar-refractivity contribution in [3.8, 4) is 0 Å². The molecule has 0 aliphatic carbocycles. The van der Waals surface area contributed by atoms with Gasteiger partial charge in [-0.1, -0.05) is 0 Å². The third-order valence-electron chi connectivity index (χ3n) is 1.60. The summed E-state index contributed by atoms with van der Waals surface area (Å²) in [5.41, 5.74) is 0.410. The summed E-state index contributed by atoms with van der Waals surface area (Å²) in [7, 11) is 0. The topological polar surface area (TPSA) is 64.3 Å². The highest BCUT2D eigenvalue weighted by Gasteiger charge is 2.09. The van der Waals surface area contributed by atoms with Crippen LogP contribution in [-0.4, -0.2) is 33.6 Å². The highest BCUT2D eigenvalue weighted by atomic mass is 16.5. The molecule has 5 heteroatoms. The van der Waals surface area contributed by atoms with E-state index in [0.717, 1.165) is 0 Å². The average molecular weight is 198 g/mol. The van der Waals surface area contributed by atoms with Crippen molar-refractivity contribution in [3.63, 3.8) is 0 Å². The molecule has 0 aromatic carbocycles. The highest BCUT2D eigenvalue weighted by molar-refractivity contribution is 5.88. The van der Waals surface area contributed by atoms with Gasteiger partial charge in [-0.2, -0.15) is 5.10 Å². The average Bonchev–Trinajstić information content (AvgIpc) is 2.52. The molecular formula is C9H14N2O3. The van der Waals surface area contributed by atoms with E-state index in [1.54, 1.807) is 20.0 Å².